The van der Waals surface area contributed by atoms with Crippen LogP contribution in [0, 0.1) is 19.8 Å². The summed E-state index contributed by atoms with van der Waals surface area (Å²) in [5.74, 6) is -0.860. The molecule has 4 heteroatoms. The van der Waals surface area contributed by atoms with Gasteiger partial charge in [-0.3, -0.25) is 4.79 Å². The number of benzene rings is 1. The van der Waals surface area contributed by atoms with Gasteiger partial charge in [0.15, 0.2) is 0 Å². The van der Waals surface area contributed by atoms with E-state index in [9.17, 15) is 9.59 Å². The zero-order chi connectivity index (χ0) is 12.6. The molecule has 1 amide bonds. The molecular weight excluding hydrogens is 218 g/mol. The number of aryl methyl sites for hydroxylation is 2. The van der Waals surface area contributed by atoms with Gasteiger partial charge in [-0.05, 0) is 43.9 Å². The van der Waals surface area contributed by atoms with Crippen molar-refractivity contribution in [2.45, 2.75) is 26.7 Å². The van der Waals surface area contributed by atoms with E-state index in [1.54, 1.807) is 13.0 Å². The van der Waals surface area contributed by atoms with Gasteiger partial charge >= 0.3 is 5.97 Å². The fraction of sp³-hybridized carbons (Fsp3) is 0.385. The maximum Gasteiger partial charge on any atom is 0.336 e. The Hall–Kier alpha value is -1.84. The number of amides is 1. The molecule has 1 aromatic carbocycles. The number of carbonyl (C=O) groups excluding carboxylic acids is 1. The maximum absolute atomic E-state index is 11.6. The molecule has 0 atom stereocenters. The van der Waals surface area contributed by atoms with Crippen LogP contribution in [0.1, 0.15) is 34.3 Å². The Morgan fingerprint density at radius 3 is 2.41 bits per heavy atom. The van der Waals surface area contributed by atoms with Crippen molar-refractivity contribution in [3.63, 3.8) is 0 Å². The average Bonchev–Trinajstić information content (AvgIpc) is 3.04. The summed E-state index contributed by atoms with van der Waals surface area (Å²) in [4.78, 5) is 22.6. The molecule has 0 spiro atoms. The number of carboxylic acids is 1. The summed E-state index contributed by atoms with van der Waals surface area (Å²) in [5, 5.41) is 11.8. The van der Waals surface area contributed by atoms with E-state index in [1.807, 2.05) is 6.92 Å². The zero-order valence-corrected chi connectivity index (χ0v) is 9.91. The molecule has 0 radical (unpaired) electrons. The summed E-state index contributed by atoms with van der Waals surface area (Å²) in [7, 11) is 0. The molecule has 0 unspecified atom stereocenters. The van der Waals surface area contributed by atoms with Gasteiger partial charge in [0.1, 0.15) is 0 Å². The van der Waals surface area contributed by atoms with E-state index < -0.39 is 5.97 Å². The molecular formula is C13H15NO3. The smallest absolute Gasteiger partial charge is 0.336 e. The topological polar surface area (TPSA) is 66.4 Å². The van der Waals surface area contributed by atoms with E-state index in [0.29, 0.717) is 11.3 Å². The summed E-state index contributed by atoms with van der Waals surface area (Å²) < 4.78 is 0. The third-order valence-corrected chi connectivity index (χ3v) is 3.01. The van der Waals surface area contributed by atoms with Crippen molar-refractivity contribution in [2.75, 3.05) is 5.32 Å². The van der Waals surface area contributed by atoms with Crippen molar-refractivity contribution in [3.05, 3.63) is 28.8 Å². The van der Waals surface area contributed by atoms with Crippen LogP contribution in [0.3, 0.4) is 0 Å². The van der Waals surface area contributed by atoms with Crippen LogP contribution in [-0.2, 0) is 4.79 Å². The monoisotopic (exact) mass is 233 g/mol. The Morgan fingerprint density at radius 2 is 1.88 bits per heavy atom. The van der Waals surface area contributed by atoms with Gasteiger partial charge in [0.05, 0.1) is 5.56 Å². The summed E-state index contributed by atoms with van der Waals surface area (Å²) in [6, 6.07) is 3.32. The standard InChI is InChI=1S/C13H15NO3/c1-7-5-8(2)11(6-10(7)13(16)17)14-12(15)9-3-4-9/h5-6,9H,3-4H2,1-2H3,(H,14,15)(H,16,17). The molecule has 1 saturated carbocycles. The zero-order valence-electron chi connectivity index (χ0n) is 9.91. The van der Waals surface area contributed by atoms with E-state index >= 15 is 0 Å². The molecule has 1 aromatic rings. The predicted molar refractivity (Wildman–Crippen MR) is 64.2 cm³/mol. The first-order valence-electron chi connectivity index (χ1n) is 5.64. The molecule has 1 fully saturated rings. The molecule has 1 aliphatic carbocycles. The fourth-order valence-corrected chi connectivity index (χ4v) is 1.80. The lowest BCUT2D eigenvalue weighted by atomic mass is 10.0. The SMILES string of the molecule is Cc1cc(C)c(C(=O)O)cc1NC(=O)C1CC1. The summed E-state index contributed by atoms with van der Waals surface area (Å²) >= 11 is 0. The largest absolute Gasteiger partial charge is 0.478 e. The number of aromatic carboxylic acids is 1. The molecule has 0 aromatic heterocycles. The van der Waals surface area contributed by atoms with Gasteiger partial charge in [0, 0.05) is 11.6 Å². The molecule has 17 heavy (non-hydrogen) atoms. The van der Waals surface area contributed by atoms with Crippen LogP contribution in [0.25, 0.3) is 0 Å². The van der Waals surface area contributed by atoms with Crippen LogP contribution in [0.15, 0.2) is 12.1 Å². The molecule has 90 valence electrons. The normalized spacial score (nSPS) is 14.5. The fourth-order valence-electron chi connectivity index (χ4n) is 1.80. The van der Waals surface area contributed by atoms with Crippen molar-refractivity contribution in [3.8, 4) is 0 Å². The van der Waals surface area contributed by atoms with E-state index in [4.69, 9.17) is 5.11 Å². The van der Waals surface area contributed by atoms with Gasteiger partial charge in [-0.1, -0.05) is 6.07 Å². The lowest BCUT2D eigenvalue weighted by Gasteiger charge is -2.11. The number of nitrogens with one attached hydrogen (secondary N) is 1. The van der Waals surface area contributed by atoms with Crippen LogP contribution in [-0.4, -0.2) is 17.0 Å². The van der Waals surface area contributed by atoms with Gasteiger partial charge in [-0.25, -0.2) is 4.79 Å². The summed E-state index contributed by atoms with van der Waals surface area (Å²) in [6.45, 7) is 3.62. The molecule has 0 heterocycles. The molecule has 2 N–H and O–H groups in total. The minimum atomic E-state index is -0.968. The maximum atomic E-state index is 11.6. The lowest BCUT2D eigenvalue weighted by molar-refractivity contribution is -0.117. The first kappa shape index (κ1) is 11.6. The number of carboxylic acid groups (broad SMARTS) is 1. The molecule has 0 saturated heterocycles. The van der Waals surface area contributed by atoms with Crippen molar-refractivity contribution < 1.29 is 14.7 Å². The van der Waals surface area contributed by atoms with Crippen LogP contribution in [0.4, 0.5) is 5.69 Å². The van der Waals surface area contributed by atoms with Gasteiger partial charge in [0.25, 0.3) is 0 Å². The first-order chi connectivity index (χ1) is 7.99. The number of anilines is 1. The van der Waals surface area contributed by atoms with Crippen molar-refractivity contribution >= 4 is 17.6 Å². The second kappa shape index (κ2) is 4.20. The molecule has 0 aliphatic heterocycles. The lowest BCUT2D eigenvalue weighted by Crippen LogP contribution is -2.15. The van der Waals surface area contributed by atoms with E-state index in [1.165, 1.54) is 6.07 Å². The quantitative estimate of drug-likeness (QED) is 0.842. The average molecular weight is 233 g/mol. The number of carbonyl (C=O) groups is 2. The minimum Gasteiger partial charge on any atom is -0.478 e. The second-order valence-electron chi connectivity index (χ2n) is 4.55. The highest BCUT2D eigenvalue weighted by molar-refractivity contribution is 5.97. The Balaban J connectivity index is 2.29. The van der Waals surface area contributed by atoms with Gasteiger partial charge < -0.3 is 10.4 Å². The Labute approximate surface area is 99.6 Å². The van der Waals surface area contributed by atoms with Gasteiger partial charge in [0.2, 0.25) is 5.91 Å². The van der Waals surface area contributed by atoms with E-state index in [-0.39, 0.29) is 17.4 Å². The van der Waals surface area contributed by atoms with Gasteiger partial charge in [-0.2, -0.15) is 0 Å². The molecule has 0 bridgehead atoms. The third kappa shape index (κ3) is 2.46. The highest BCUT2D eigenvalue weighted by Gasteiger charge is 2.30. The summed E-state index contributed by atoms with van der Waals surface area (Å²) in [6.07, 6.45) is 1.87. The second-order valence-corrected chi connectivity index (χ2v) is 4.55. The third-order valence-electron chi connectivity index (χ3n) is 3.01. The van der Waals surface area contributed by atoms with E-state index in [2.05, 4.69) is 5.32 Å². The van der Waals surface area contributed by atoms with Crippen LogP contribution < -0.4 is 5.32 Å². The first-order valence-corrected chi connectivity index (χ1v) is 5.64. The van der Waals surface area contributed by atoms with Crippen molar-refractivity contribution in [2.24, 2.45) is 5.92 Å². The van der Waals surface area contributed by atoms with Crippen LogP contribution in [0.5, 0.6) is 0 Å². The van der Waals surface area contributed by atoms with Gasteiger partial charge in [-0.15, -0.1) is 0 Å². The molecule has 4 nitrogen and oxygen atoms in total. The van der Waals surface area contributed by atoms with Crippen molar-refractivity contribution in [1.29, 1.82) is 0 Å². The van der Waals surface area contributed by atoms with Crippen LogP contribution >= 0.6 is 0 Å². The molecule has 1 aliphatic rings. The predicted octanol–water partition coefficient (Wildman–Crippen LogP) is 2.35. The highest BCUT2D eigenvalue weighted by atomic mass is 16.4. The Kier molecular flexibility index (Phi) is 2.88. The molecule has 2 rings (SSSR count). The highest BCUT2D eigenvalue weighted by Crippen LogP contribution is 2.31. The number of hydrogen-bond donors (Lipinski definition) is 2. The summed E-state index contributed by atoms with van der Waals surface area (Å²) in [5.41, 5.74) is 2.44. The number of hydrogen-bond acceptors (Lipinski definition) is 2. The Bertz CT molecular complexity index is 490. The number of rotatable bonds is 3. The van der Waals surface area contributed by atoms with Crippen molar-refractivity contribution in [1.82, 2.24) is 0 Å². The van der Waals surface area contributed by atoms with Crippen LogP contribution in [0.2, 0.25) is 0 Å². The Morgan fingerprint density at radius 1 is 1.24 bits per heavy atom. The van der Waals surface area contributed by atoms with E-state index in [0.717, 1.165) is 18.4 Å². The minimum absolute atomic E-state index is 0.00621.